The molecular formula is C12H14O2. The van der Waals surface area contributed by atoms with Gasteiger partial charge in [-0.3, -0.25) is 0 Å². The number of para-hydroxylation sites is 2. The molecule has 0 saturated carbocycles. The fourth-order valence-corrected chi connectivity index (χ4v) is 1.03. The lowest BCUT2D eigenvalue weighted by molar-refractivity contribution is 0.331. The van der Waals surface area contributed by atoms with Crippen molar-refractivity contribution in [2.45, 2.75) is 13.3 Å². The van der Waals surface area contributed by atoms with Gasteiger partial charge in [0.05, 0.1) is 7.11 Å². The zero-order chi connectivity index (χ0) is 10.2. The standard InChI is InChI=1S/C12H14O2/c1-3-4-7-10-14-12-9-6-5-8-11(12)13-2/h5-6,8-9H,3,10H2,1-2H3. The van der Waals surface area contributed by atoms with E-state index < -0.39 is 0 Å². The van der Waals surface area contributed by atoms with Gasteiger partial charge >= 0.3 is 0 Å². The van der Waals surface area contributed by atoms with Crippen molar-refractivity contribution in [1.82, 2.24) is 0 Å². The summed E-state index contributed by atoms with van der Waals surface area (Å²) in [5.74, 6) is 7.33. The molecule has 0 atom stereocenters. The Hall–Kier alpha value is -1.62. The molecule has 2 nitrogen and oxygen atoms in total. The summed E-state index contributed by atoms with van der Waals surface area (Å²) in [6.45, 7) is 2.42. The third-order valence-electron chi connectivity index (χ3n) is 1.67. The van der Waals surface area contributed by atoms with Crippen LogP contribution in [0.1, 0.15) is 13.3 Å². The highest BCUT2D eigenvalue weighted by molar-refractivity contribution is 5.39. The fourth-order valence-electron chi connectivity index (χ4n) is 1.03. The van der Waals surface area contributed by atoms with E-state index in [4.69, 9.17) is 9.47 Å². The first-order valence-electron chi connectivity index (χ1n) is 4.60. The molecule has 0 aliphatic rings. The maximum absolute atomic E-state index is 5.43. The molecule has 0 spiro atoms. The molecule has 14 heavy (non-hydrogen) atoms. The molecule has 2 heteroatoms. The number of benzene rings is 1. The topological polar surface area (TPSA) is 18.5 Å². The summed E-state index contributed by atoms with van der Waals surface area (Å²) in [4.78, 5) is 0. The quantitative estimate of drug-likeness (QED) is 0.682. The fraction of sp³-hybridized carbons (Fsp3) is 0.333. The molecule has 0 aliphatic carbocycles. The molecule has 1 aromatic rings. The van der Waals surface area contributed by atoms with Crippen LogP contribution < -0.4 is 9.47 Å². The third-order valence-corrected chi connectivity index (χ3v) is 1.67. The first kappa shape index (κ1) is 10.5. The Kier molecular flexibility index (Phi) is 4.43. The summed E-state index contributed by atoms with van der Waals surface area (Å²) in [6, 6.07) is 7.55. The monoisotopic (exact) mass is 190 g/mol. The molecule has 0 aromatic heterocycles. The maximum atomic E-state index is 5.43. The second-order valence-electron chi connectivity index (χ2n) is 2.65. The van der Waals surface area contributed by atoms with Crippen LogP contribution in [-0.2, 0) is 0 Å². The number of hydrogen-bond donors (Lipinski definition) is 0. The molecule has 0 amide bonds. The van der Waals surface area contributed by atoms with Crippen LogP contribution in [0.4, 0.5) is 0 Å². The van der Waals surface area contributed by atoms with Crippen molar-refractivity contribution in [3.8, 4) is 23.3 Å². The smallest absolute Gasteiger partial charge is 0.162 e. The lowest BCUT2D eigenvalue weighted by Crippen LogP contribution is -1.96. The Morgan fingerprint density at radius 2 is 1.86 bits per heavy atom. The van der Waals surface area contributed by atoms with Gasteiger partial charge in [-0.05, 0) is 12.1 Å². The van der Waals surface area contributed by atoms with Crippen LogP contribution in [0.2, 0.25) is 0 Å². The first-order valence-corrected chi connectivity index (χ1v) is 4.60. The minimum atomic E-state index is 0.411. The second kappa shape index (κ2) is 5.93. The first-order chi connectivity index (χ1) is 6.88. The largest absolute Gasteiger partial charge is 0.493 e. The molecular weight excluding hydrogens is 176 g/mol. The molecule has 0 radical (unpaired) electrons. The number of methoxy groups -OCH3 is 1. The highest BCUT2D eigenvalue weighted by Crippen LogP contribution is 2.25. The Morgan fingerprint density at radius 3 is 2.50 bits per heavy atom. The average molecular weight is 190 g/mol. The van der Waals surface area contributed by atoms with Gasteiger partial charge in [0.2, 0.25) is 0 Å². The third kappa shape index (κ3) is 3.02. The molecule has 0 aliphatic heterocycles. The van der Waals surface area contributed by atoms with Crippen LogP contribution >= 0.6 is 0 Å². The molecule has 0 fully saturated rings. The van der Waals surface area contributed by atoms with E-state index in [0.717, 1.165) is 17.9 Å². The van der Waals surface area contributed by atoms with Crippen molar-refractivity contribution in [1.29, 1.82) is 0 Å². The van der Waals surface area contributed by atoms with Crippen LogP contribution in [0.25, 0.3) is 0 Å². The van der Waals surface area contributed by atoms with Crippen LogP contribution in [0.5, 0.6) is 11.5 Å². The summed E-state index contributed by atoms with van der Waals surface area (Å²) in [5, 5.41) is 0. The Bertz CT molecular complexity index is 334. The van der Waals surface area contributed by atoms with Crippen molar-refractivity contribution < 1.29 is 9.47 Å². The van der Waals surface area contributed by atoms with Gasteiger partial charge in [-0.15, -0.1) is 5.92 Å². The molecule has 0 bridgehead atoms. The van der Waals surface area contributed by atoms with E-state index in [1.807, 2.05) is 31.2 Å². The predicted molar refractivity (Wildman–Crippen MR) is 56.6 cm³/mol. The lowest BCUT2D eigenvalue weighted by atomic mass is 10.3. The van der Waals surface area contributed by atoms with Crippen LogP contribution in [-0.4, -0.2) is 13.7 Å². The Balaban J connectivity index is 2.57. The summed E-state index contributed by atoms with van der Waals surface area (Å²) >= 11 is 0. The van der Waals surface area contributed by atoms with Crippen molar-refractivity contribution >= 4 is 0 Å². The zero-order valence-electron chi connectivity index (χ0n) is 8.54. The van der Waals surface area contributed by atoms with E-state index in [1.54, 1.807) is 7.11 Å². The summed E-state index contributed by atoms with van der Waals surface area (Å²) in [7, 11) is 1.62. The van der Waals surface area contributed by atoms with Gasteiger partial charge in [-0.2, -0.15) is 0 Å². The van der Waals surface area contributed by atoms with Crippen molar-refractivity contribution in [2.24, 2.45) is 0 Å². The van der Waals surface area contributed by atoms with E-state index >= 15 is 0 Å². The molecule has 74 valence electrons. The van der Waals surface area contributed by atoms with Gasteiger partial charge in [0.1, 0.15) is 6.61 Å². The molecule has 1 aromatic carbocycles. The number of hydrogen-bond acceptors (Lipinski definition) is 2. The summed E-state index contributed by atoms with van der Waals surface area (Å²) in [5.41, 5.74) is 0. The lowest BCUT2D eigenvalue weighted by Gasteiger charge is -2.06. The highest BCUT2D eigenvalue weighted by atomic mass is 16.5. The normalized spacial score (nSPS) is 8.71. The van der Waals surface area contributed by atoms with Crippen molar-refractivity contribution in [2.75, 3.05) is 13.7 Å². The SMILES string of the molecule is CCC#CCOc1ccccc1OC. The van der Waals surface area contributed by atoms with Gasteiger partial charge in [-0.1, -0.05) is 25.0 Å². The molecule has 0 unspecified atom stereocenters. The second-order valence-corrected chi connectivity index (χ2v) is 2.65. The summed E-state index contributed by atoms with van der Waals surface area (Å²) < 4.78 is 10.6. The van der Waals surface area contributed by atoms with Crippen LogP contribution in [0.3, 0.4) is 0 Å². The Morgan fingerprint density at radius 1 is 1.14 bits per heavy atom. The zero-order valence-corrected chi connectivity index (χ0v) is 8.54. The molecule has 0 saturated heterocycles. The highest BCUT2D eigenvalue weighted by Gasteiger charge is 1.99. The maximum Gasteiger partial charge on any atom is 0.162 e. The number of rotatable bonds is 3. The van der Waals surface area contributed by atoms with Gasteiger partial charge in [0, 0.05) is 6.42 Å². The van der Waals surface area contributed by atoms with Gasteiger partial charge < -0.3 is 9.47 Å². The van der Waals surface area contributed by atoms with Crippen molar-refractivity contribution in [3.05, 3.63) is 24.3 Å². The Labute approximate surface area is 84.8 Å². The van der Waals surface area contributed by atoms with Gasteiger partial charge in [0.15, 0.2) is 11.5 Å². The van der Waals surface area contributed by atoms with E-state index in [-0.39, 0.29) is 0 Å². The van der Waals surface area contributed by atoms with Gasteiger partial charge in [0.25, 0.3) is 0 Å². The average Bonchev–Trinajstić information content (AvgIpc) is 2.25. The minimum absolute atomic E-state index is 0.411. The summed E-state index contributed by atoms with van der Waals surface area (Å²) in [6.07, 6.45) is 0.856. The number of ether oxygens (including phenoxy) is 2. The minimum Gasteiger partial charge on any atom is -0.493 e. The van der Waals surface area contributed by atoms with Crippen molar-refractivity contribution in [3.63, 3.8) is 0 Å². The predicted octanol–water partition coefficient (Wildman–Crippen LogP) is 2.49. The van der Waals surface area contributed by atoms with E-state index in [0.29, 0.717) is 6.61 Å². The molecule has 1 rings (SSSR count). The van der Waals surface area contributed by atoms with E-state index in [1.165, 1.54) is 0 Å². The molecule has 0 heterocycles. The van der Waals surface area contributed by atoms with E-state index in [9.17, 15) is 0 Å². The van der Waals surface area contributed by atoms with E-state index in [2.05, 4.69) is 11.8 Å². The molecule has 0 N–H and O–H groups in total. The van der Waals surface area contributed by atoms with Gasteiger partial charge in [-0.25, -0.2) is 0 Å². The van der Waals surface area contributed by atoms with Crippen LogP contribution in [0.15, 0.2) is 24.3 Å². The van der Waals surface area contributed by atoms with Crippen LogP contribution in [0, 0.1) is 11.8 Å².